The second-order valence-corrected chi connectivity index (χ2v) is 11.5. The van der Waals surface area contributed by atoms with Gasteiger partial charge in [0.25, 0.3) is 5.91 Å². The summed E-state index contributed by atoms with van der Waals surface area (Å²) >= 11 is 0. The molecule has 4 fully saturated rings. The van der Waals surface area contributed by atoms with Crippen molar-refractivity contribution >= 4 is 11.8 Å². The standard InChI is InChI=1S/C28H42N2O3/c1-18(2)25(27(32)29-10-5-11-33-19(3)4)30-26(31)23-6-8-24(9-7-23)28-15-20-12-21(16-28)14-22(13-20)17-28/h6-9,18-22,25H,5,10-17H2,1-4H3,(H,29,32)(H,30,31). The van der Waals surface area contributed by atoms with Crippen molar-refractivity contribution in [1.29, 1.82) is 0 Å². The average molecular weight is 455 g/mol. The number of carbonyl (C=O) groups excluding carboxylic acids is 2. The highest BCUT2D eigenvalue weighted by Crippen LogP contribution is 2.60. The number of hydrogen-bond acceptors (Lipinski definition) is 3. The van der Waals surface area contributed by atoms with Crippen molar-refractivity contribution in [3.05, 3.63) is 35.4 Å². The third-order valence-corrected chi connectivity index (χ3v) is 8.10. The molecular weight excluding hydrogens is 412 g/mol. The smallest absolute Gasteiger partial charge is 0.251 e. The number of amides is 2. The van der Waals surface area contributed by atoms with E-state index in [-0.39, 0.29) is 23.8 Å². The van der Waals surface area contributed by atoms with E-state index in [2.05, 4.69) is 22.8 Å². The normalized spacial score (nSPS) is 28.8. The predicted octanol–water partition coefficient (Wildman–Crippen LogP) is 4.84. The van der Waals surface area contributed by atoms with E-state index in [1.165, 1.54) is 44.1 Å². The molecule has 2 N–H and O–H groups in total. The Hall–Kier alpha value is -1.88. The molecule has 4 saturated carbocycles. The average Bonchev–Trinajstić information content (AvgIpc) is 2.75. The molecule has 0 aromatic heterocycles. The Bertz CT molecular complexity index is 795. The molecule has 1 aromatic carbocycles. The fourth-order valence-electron chi connectivity index (χ4n) is 6.91. The van der Waals surface area contributed by atoms with Crippen molar-refractivity contribution in [3.63, 3.8) is 0 Å². The molecule has 5 rings (SSSR count). The molecule has 4 bridgehead atoms. The van der Waals surface area contributed by atoms with Crippen LogP contribution in [-0.4, -0.2) is 37.1 Å². The number of hydrogen-bond donors (Lipinski definition) is 2. The van der Waals surface area contributed by atoms with E-state index in [1.54, 1.807) is 0 Å². The first-order valence-corrected chi connectivity index (χ1v) is 13.1. The third-order valence-electron chi connectivity index (χ3n) is 8.10. The van der Waals surface area contributed by atoms with Crippen LogP contribution < -0.4 is 10.6 Å². The van der Waals surface area contributed by atoms with Crippen LogP contribution in [0.3, 0.4) is 0 Å². The van der Waals surface area contributed by atoms with Crippen LogP contribution in [0.1, 0.15) is 88.6 Å². The van der Waals surface area contributed by atoms with Crippen LogP contribution in [0.15, 0.2) is 24.3 Å². The van der Waals surface area contributed by atoms with Gasteiger partial charge in [0.15, 0.2) is 0 Å². The van der Waals surface area contributed by atoms with Crippen molar-refractivity contribution in [3.8, 4) is 0 Å². The fourth-order valence-corrected chi connectivity index (χ4v) is 6.91. The highest BCUT2D eigenvalue weighted by Gasteiger charge is 2.51. The number of ether oxygens (including phenoxy) is 1. The maximum atomic E-state index is 13.0. The zero-order chi connectivity index (χ0) is 23.6. The van der Waals surface area contributed by atoms with E-state index in [1.807, 2.05) is 39.8 Å². The molecule has 1 atom stereocenters. The summed E-state index contributed by atoms with van der Waals surface area (Å²) < 4.78 is 5.52. The van der Waals surface area contributed by atoms with Gasteiger partial charge < -0.3 is 15.4 Å². The first-order valence-electron chi connectivity index (χ1n) is 13.1. The molecule has 4 aliphatic carbocycles. The van der Waals surface area contributed by atoms with Crippen LogP contribution in [-0.2, 0) is 14.9 Å². The first kappa shape index (κ1) is 24.3. The zero-order valence-electron chi connectivity index (χ0n) is 20.9. The predicted molar refractivity (Wildman–Crippen MR) is 131 cm³/mol. The van der Waals surface area contributed by atoms with E-state index in [4.69, 9.17) is 4.74 Å². The maximum Gasteiger partial charge on any atom is 0.251 e. The van der Waals surface area contributed by atoms with Crippen molar-refractivity contribution in [1.82, 2.24) is 10.6 Å². The van der Waals surface area contributed by atoms with Gasteiger partial charge in [0.2, 0.25) is 5.91 Å². The first-order chi connectivity index (χ1) is 15.8. The summed E-state index contributed by atoms with van der Waals surface area (Å²) in [5, 5.41) is 5.91. The SMILES string of the molecule is CC(C)OCCCNC(=O)C(NC(=O)c1ccc(C23CC4CC(CC(C4)C2)C3)cc1)C(C)C. The minimum Gasteiger partial charge on any atom is -0.379 e. The Morgan fingerprint density at radius 1 is 0.970 bits per heavy atom. The van der Waals surface area contributed by atoms with Gasteiger partial charge in [-0.2, -0.15) is 0 Å². The number of rotatable bonds is 10. The van der Waals surface area contributed by atoms with Crippen molar-refractivity contribution in [2.75, 3.05) is 13.2 Å². The van der Waals surface area contributed by atoms with Crippen molar-refractivity contribution in [2.45, 2.75) is 90.2 Å². The topological polar surface area (TPSA) is 67.4 Å². The van der Waals surface area contributed by atoms with E-state index < -0.39 is 6.04 Å². The monoisotopic (exact) mass is 454 g/mol. The summed E-state index contributed by atoms with van der Waals surface area (Å²) in [5.41, 5.74) is 2.39. The number of nitrogens with one attached hydrogen (secondary N) is 2. The zero-order valence-corrected chi connectivity index (χ0v) is 20.9. The molecule has 2 amide bonds. The van der Waals surface area contributed by atoms with E-state index in [0.717, 1.165) is 24.2 Å². The quantitative estimate of drug-likeness (QED) is 0.497. The fraction of sp³-hybridized carbons (Fsp3) is 0.714. The number of benzene rings is 1. The van der Waals surface area contributed by atoms with Gasteiger partial charge in [-0.3, -0.25) is 9.59 Å². The Morgan fingerprint density at radius 2 is 1.55 bits per heavy atom. The van der Waals surface area contributed by atoms with Crippen LogP contribution in [0.2, 0.25) is 0 Å². The van der Waals surface area contributed by atoms with Crippen molar-refractivity contribution in [2.24, 2.45) is 23.7 Å². The van der Waals surface area contributed by atoms with Crippen LogP contribution in [0, 0.1) is 23.7 Å². The highest BCUT2D eigenvalue weighted by atomic mass is 16.5. The van der Waals surface area contributed by atoms with Gasteiger partial charge in [0, 0.05) is 18.7 Å². The third kappa shape index (κ3) is 5.62. The largest absolute Gasteiger partial charge is 0.379 e. The van der Waals surface area contributed by atoms with Gasteiger partial charge in [-0.25, -0.2) is 0 Å². The second kappa shape index (κ2) is 10.2. The molecule has 33 heavy (non-hydrogen) atoms. The Morgan fingerprint density at radius 3 is 2.06 bits per heavy atom. The summed E-state index contributed by atoms with van der Waals surface area (Å²) in [6.07, 6.45) is 9.22. The Labute approximate surface area is 199 Å². The summed E-state index contributed by atoms with van der Waals surface area (Å²) in [4.78, 5) is 25.7. The minimum atomic E-state index is -0.550. The molecule has 1 unspecified atom stereocenters. The lowest BCUT2D eigenvalue weighted by molar-refractivity contribution is -0.124. The molecule has 5 nitrogen and oxygen atoms in total. The molecule has 0 saturated heterocycles. The summed E-state index contributed by atoms with van der Waals surface area (Å²) in [6, 6.07) is 7.73. The second-order valence-electron chi connectivity index (χ2n) is 11.5. The molecule has 182 valence electrons. The Balaban J connectivity index is 1.34. The molecular formula is C28H42N2O3. The molecule has 5 heteroatoms. The van der Waals surface area contributed by atoms with Crippen LogP contribution in [0.4, 0.5) is 0 Å². The maximum absolute atomic E-state index is 13.0. The lowest BCUT2D eigenvalue weighted by Crippen LogP contribution is -2.50. The van der Waals surface area contributed by atoms with E-state index in [0.29, 0.717) is 24.1 Å². The molecule has 0 spiro atoms. The highest BCUT2D eigenvalue weighted by molar-refractivity contribution is 5.97. The van der Waals surface area contributed by atoms with Crippen LogP contribution in [0.5, 0.6) is 0 Å². The van der Waals surface area contributed by atoms with Crippen molar-refractivity contribution < 1.29 is 14.3 Å². The van der Waals surface area contributed by atoms with Crippen LogP contribution >= 0.6 is 0 Å². The van der Waals surface area contributed by atoms with Gasteiger partial charge in [0.05, 0.1) is 6.10 Å². The van der Waals surface area contributed by atoms with Gasteiger partial charge in [-0.1, -0.05) is 26.0 Å². The summed E-state index contributed by atoms with van der Waals surface area (Å²) in [6.45, 7) is 9.08. The van der Waals surface area contributed by atoms with Crippen LogP contribution in [0.25, 0.3) is 0 Å². The molecule has 0 heterocycles. The van der Waals surface area contributed by atoms with E-state index >= 15 is 0 Å². The Kier molecular flexibility index (Phi) is 7.47. The molecule has 4 aliphatic rings. The summed E-state index contributed by atoms with van der Waals surface area (Å²) in [5.74, 6) is 2.41. The molecule has 1 aromatic rings. The van der Waals surface area contributed by atoms with Gasteiger partial charge in [-0.05, 0) is 106 Å². The summed E-state index contributed by atoms with van der Waals surface area (Å²) in [7, 11) is 0. The molecule has 0 radical (unpaired) electrons. The minimum absolute atomic E-state index is 0.00663. The van der Waals surface area contributed by atoms with E-state index in [9.17, 15) is 9.59 Å². The van der Waals surface area contributed by atoms with Gasteiger partial charge in [-0.15, -0.1) is 0 Å². The van der Waals surface area contributed by atoms with Gasteiger partial charge >= 0.3 is 0 Å². The molecule has 0 aliphatic heterocycles. The van der Waals surface area contributed by atoms with Gasteiger partial charge in [0.1, 0.15) is 6.04 Å². The number of carbonyl (C=O) groups is 2. The lowest BCUT2D eigenvalue weighted by Gasteiger charge is -2.57. The lowest BCUT2D eigenvalue weighted by atomic mass is 9.48.